The van der Waals surface area contributed by atoms with E-state index in [0.717, 1.165) is 21.3 Å². The van der Waals surface area contributed by atoms with Crippen LogP contribution in [0.2, 0.25) is 10.0 Å². The van der Waals surface area contributed by atoms with Crippen molar-refractivity contribution >= 4 is 40.9 Å². The highest BCUT2D eigenvalue weighted by atomic mass is 35.5. The van der Waals surface area contributed by atoms with Crippen LogP contribution >= 0.6 is 23.2 Å². The number of rotatable bonds is 7. The predicted molar refractivity (Wildman–Crippen MR) is 137 cm³/mol. The Balaban J connectivity index is 1.98. The molecule has 38 heavy (non-hydrogen) atoms. The molecule has 1 amide bonds. The fourth-order valence-corrected chi connectivity index (χ4v) is 5.61. The van der Waals surface area contributed by atoms with E-state index in [2.05, 4.69) is 5.10 Å². The smallest absolute Gasteiger partial charge is 0.433 e. The maximum atomic E-state index is 14.3. The lowest BCUT2D eigenvalue weighted by Crippen LogP contribution is -2.42. The molecule has 7 nitrogen and oxygen atoms in total. The van der Waals surface area contributed by atoms with E-state index in [1.165, 1.54) is 0 Å². The fourth-order valence-electron chi connectivity index (χ4n) is 4.81. The molecule has 0 radical (unpaired) electrons. The van der Waals surface area contributed by atoms with Gasteiger partial charge < -0.3 is 10.0 Å². The van der Waals surface area contributed by atoms with Crippen LogP contribution in [0.15, 0.2) is 18.3 Å². The zero-order valence-corrected chi connectivity index (χ0v) is 23.0. The Labute approximate surface area is 228 Å². The number of carbonyl (C=O) groups excluding carboxylic acids is 2. The SMILES string of the molecule is Cc1cc(Cl)c(C(=O)CN(CC(C)(C)C)C(=O)c2cnn([C@H]3CC[C@H](C(=O)O)CC3)c2C(F)(F)F)c(Cl)c1. The molecule has 12 heteroatoms. The Hall–Kier alpha value is -2.59. The number of carboxylic acid groups (broad SMARTS) is 1. The molecule has 1 saturated carbocycles. The molecule has 1 fully saturated rings. The highest BCUT2D eigenvalue weighted by molar-refractivity contribution is 6.40. The van der Waals surface area contributed by atoms with Crippen molar-refractivity contribution < 1.29 is 32.7 Å². The van der Waals surface area contributed by atoms with E-state index in [1.54, 1.807) is 39.8 Å². The quantitative estimate of drug-likeness (QED) is 0.370. The van der Waals surface area contributed by atoms with E-state index >= 15 is 0 Å². The number of aryl methyl sites for hydroxylation is 1. The topological polar surface area (TPSA) is 92.5 Å². The van der Waals surface area contributed by atoms with Gasteiger partial charge in [0.2, 0.25) is 0 Å². The largest absolute Gasteiger partial charge is 0.481 e. The maximum Gasteiger partial charge on any atom is 0.433 e. The van der Waals surface area contributed by atoms with Gasteiger partial charge in [0.15, 0.2) is 11.5 Å². The summed E-state index contributed by atoms with van der Waals surface area (Å²) < 4.78 is 43.7. The molecule has 0 saturated heterocycles. The highest BCUT2D eigenvalue weighted by Crippen LogP contribution is 2.39. The first-order chi connectivity index (χ1) is 17.5. The minimum absolute atomic E-state index is 0.00688. The van der Waals surface area contributed by atoms with Gasteiger partial charge >= 0.3 is 12.1 Å². The summed E-state index contributed by atoms with van der Waals surface area (Å²) in [5.74, 6) is -3.20. The van der Waals surface area contributed by atoms with Crippen molar-refractivity contribution in [1.82, 2.24) is 14.7 Å². The molecule has 0 bridgehead atoms. The number of aliphatic carboxylic acids is 1. The van der Waals surface area contributed by atoms with E-state index in [4.69, 9.17) is 23.2 Å². The summed E-state index contributed by atoms with van der Waals surface area (Å²) >= 11 is 12.5. The zero-order valence-electron chi connectivity index (χ0n) is 21.5. The van der Waals surface area contributed by atoms with Crippen molar-refractivity contribution in [1.29, 1.82) is 0 Å². The second-order valence-corrected chi connectivity index (χ2v) is 11.8. The molecule has 1 aliphatic carbocycles. The standard InChI is InChI=1S/C26H30Cl2F3N3O4/c1-14-9-18(27)21(19(28)10-14)20(35)12-33(13-25(2,3)4)23(36)17-11-32-34(22(17)26(29,30)31)16-7-5-15(6-8-16)24(37)38/h9-11,15-16H,5-8,12-13H2,1-4H3,(H,37,38)/t15-,16-. The molecule has 1 aromatic heterocycles. The summed E-state index contributed by atoms with van der Waals surface area (Å²) in [7, 11) is 0. The Morgan fingerprint density at radius 3 is 2.11 bits per heavy atom. The minimum Gasteiger partial charge on any atom is -0.481 e. The molecule has 208 valence electrons. The van der Waals surface area contributed by atoms with Crippen LogP contribution in [0.4, 0.5) is 13.2 Å². The van der Waals surface area contributed by atoms with Gasteiger partial charge in [-0.2, -0.15) is 18.3 Å². The lowest BCUT2D eigenvalue weighted by molar-refractivity contribution is -0.147. The van der Waals surface area contributed by atoms with Gasteiger partial charge in [-0.15, -0.1) is 0 Å². The molecule has 1 heterocycles. The average Bonchev–Trinajstić information content (AvgIpc) is 3.22. The van der Waals surface area contributed by atoms with Crippen molar-refractivity contribution in [3.05, 3.63) is 50.8 Å². The van der Waals surface area contributed by atoms with Gasteiger partial charge in [-0.05, 0) is 55.7 Å². The van der Waals surface area contributed by atoms with Gasteiger partial charge in [0, 0.05) is 6.54 Å². The van der Waals surface area contributed by atoms with Crippen molar-refractivity contribution in [2.24, 2.45) is 11.3 Å². The maximum absolute atomic E-state index is 14.3. The minimum atomic E-state index is -4.91. The molecule has 1 aromatic carbocycles. The molecular formula is C26H30Cl2F3N3O4. The van der Waals surface area contributed by atoms with Gasteiger partial charge in [0.25, 0.3) is 5.91 Å². The molecule has 2 aromatic rings. The lowest BCUT2D eigenvalue weighted by Gasteiger charge is -2.30. The summed E-state index contributed by atoms with van der Waals surface area (Å²) in [6.07, 6.45) is -3.24. The molecule has 1 N–H and O–H groups in total. The third kappa shape index (κ3) is 6.88. The van der Waals surface area contributed by atoms with Gasteiger partial charge in [0.05, 0.1) is 45.9 Å². The molecule has 0 spiro atoms. The van der Waals surface area contributed by atoms with Gasteiger partial charge in [-0.3, -0.25) is 19.1 Å². The Morgan fingerprint density at radius 2 is 1.63 bits per heavy atom. The summed E-state index contributed by atoms with van der Waals surface area (Å²) in [5, 5.41) is 13.3. The van der Waals surface area contributed by atoms with Crippen LogP contribution in [0.3, 0.4) is 0 Å². The van der Waals surface area contributed by atoms with Gasteiger partial charge in [-0.1, -0.05) is 44.0 Å². The van der Waals surface area contributed by atoms with E-state index < -0.39 is 59.0 Å². The number of carbonyl (C=O) groups is 3. The lowest BCUT2D eigenvalue weighted by atomic mass is 9.86. The second-order valence-electron chi connectivity index (χ2n) is 10.9. The van der Waals surface area contributed by atoms with Crippen LogP contribution in [0.25, 0.3) is 0 Å². The first kappa shape index (κ1) is 30.0. The number of hydrogen-bond donors (Lipinski definition) is 1. The summed E-state index contributed by atoms with van der Waals surface area (Å²) in [6, 6.07) is 2.38. The summed E-state index contributed by atoms with van der Waals surface area (Å²) in [6.45, 7) is 6.55. The average molecular weight is 576 g/mol. The van der Waals surface area contributed by atoms with Crippen LogP contribution in [0.1, 0.15) is 84.5 Å². The van der Waals surface area contributed by atoms with Gasteiger partial charge in [-0.25, -0.2) is 0 Å². The number of hydrogen-bond acceptors (Lipinski definition) is 4. The number of ketones is 1. The Kier molecular flexibility index (Phi) is 8.88. The first-order valence-electron chi connectivity index (χ1n) is 12.1. The van der Waals surface area contributed by atoms with Crippen LogP contribution in [0.5, 0.6) is 0 Å². The third-order valence-electron chi connectivity index (χ3n) is 6.44. The fraction of sp³-hybridized carbons (Fsp3) is 0.538. The summed E-state index contributed by atoms with van der Waals surface area (Å²) in [5.41, 5.74) is -1.72. The number of halogens is 5. The number of benzene rings is 1. The van der Waals surface area contributed by atoms with E-state index in [0.29, 0.717) is 0 Å². The van der Waals surface area contributed by atoms with E-state index in [-0.39, 0.29) is 47.8 Å². The highest BCUT2D eigenvalue weighted by Gasteiger charge is 2.43. The van der Waals surface area contributed by atoms with Crippen LogP contribution in [0, 0.1) is 18.3 Å². The molecular weight excluding hydrogens is 546 g/mol. The van der Waals surface area contributed by atoms with Crippen LogP contribution in [-0.2, 0) is 11.0 Å². The first-order valence-corrected chi connectivity index (χ1v) is 12.9. The number of carboxylic acids is 1. The summed E-state index contributed by atoms with van der Waals surface area (Å²) in [4.78, 5) is 39.1. The predicted octanol–water partition coefficient (Wildman–Crippen LogP) is 6.70. The van der Waals surface area contributed by atoms with Crippen LogP contribution in [-0.4, -0.2) is 50.5 Å². The zero-order chi connectivity index (χ0) is 28.6. The van der Waals surface area contributed by atoms with E-state index in [1.807, 2.05) is 0 Å². The van der Waals surface area contributed by atoms with Crippen molar-refractivity contribution in [2.75, 3.05) is 13.1 Å². The molecule has 3 rings (SSSR count). The van der Waals surface area contributed by atoms with Gasteiger partial charge in [0.1, 0.15) is 0 Å². The monoisotopic (exact) mass is 575 g/mol. The Morgan fingerprint density at radius 1 is 1.08 bits per heavy atom. The van der Waals surface area contributed by atoms with E-state index in [9.17, 15) is 32.7 Å². The number of Topliss-reactive ketones (excluding diaryl/α,β-unsaturated/α-hetero) is 1. The molecule has 0 atom stereocenters. The molecule has 0 aliphatic heterocycles. The van der Waals surface area contributed by atoms with Crippen LogP contribution < -0.4 is 0 Å². The van der Waals surface area contributed by atoms with Crippen molar-refractivity contribution in [3.8, 4) is 0 Å². The second kappa shape index (κ2) is 11.3. The molecule has 1 aliphatic rings. The van der Waals surface area contributed by atoms with Crippen molar-refractivity contribution in [3.63, 3.8) is 0 Å². The third-order valence-corrected chi connectivity index (χ3v) is 7.03. The van der Waals surface area contributed by atoms with Crippen molar-refractivity contribution in [2.45, 2.75) is 65.6 Å². The number of amides is 1. The number of aromatic nitrogens is 2. The number of alkyl halides is 3. The number of nitrogens with zero attached hydrogens (tertiary/aromatic N) is 3. The molecule has 0 unspecified atom stereocenters. The normalized spacial score (nSPS) is 18.3. The Bertz CT molecular complexity index is 1210.